The minimum Gasteiger partial charge on any atom is -0.565 e. The van der Waals surface area contributed by atoms with Crippen LogP contribution in [0.1, 0.15) is 5.56 Å². The number of phenols is 1. The van der Waals surface area contributed by atoms with Gasteiger partial charge in [-0.2, -0.15) is 18.6 Å². The Bertz CT molecular complexity index is 236. The largest absolute Gasteiger partial charge is 1.00 e. The van der Waals surface area contributed by atoms with Crippen molar-refractivity contribution >= 4 is 0 Å². The Balaban J connectivity index is 0.000001000. The minimum absolute atomic E-state index is 0. The van der Waals surface area contributed by atoms with Gasteiger partial charge in [-0.25, -0.2) is 0 Å². The maximum atomic E-state index is 9.09. The van der Waals surface area contributed by atoms with Gasteiger partial charge in [0.2, 0.25) is 0 Å². The van der Waals surface area contributed by atoms with Gasteiger partial charge in [0, 0.05) is 5.75 Å². The van der Waals surface area contributed by atoms with Gasteiger partial charge in [-0.3, -0.25) is 0 Å². The molecule has 0 bridgehead atoms. The molecule has 0 unspecified atom stereocenters. The van der Waals surface area contributed by atoms with Crippen molar-refractivity contribution in [2.45, 2.75) is 0 Å². The van der Waals surface area contributed by atoms with E-state index in [4.69, 9.17) is 9.84 Å². The van der Waals surface area contributed by atoms with Crippen LogP contribution in [0.2, 0.25) is 0 Å². The molecular weight excluding hydrogens is 167 g/mol. The summed E-state index contributed by atoms with van der Waals surface area (Å²) in [4.78, 5) is 0. The van der Waals surface area contributed by atoms with E-state index in [1.165, 1.54) is 6.07 Å². The number of ether oxygens (including phenoxy) is 1. The van der Waals surface area contributed by atoms with Crippen LogP contribution in [-0.4, -0.2) is 12.2 Å². The molecule has 0 fully saturated rings. The average Bonchev–Trinajstić information content (AvgIpc) is 1.95. The molecule has 0 aliphatic rings. The van der Waals surface area contributed by atoms with E-state index in [0.29, 0.717) is 11.3 Å². The number of hydrogen-bond acceptors (Lipinski definition) is 2. The maximum absolute atomic E-state index is 9.09. The van der Waals surface area contributed by atoms with Crippen LogP contribution in [0.3, 0.4) is 0 Å². The third-order valence-corrected chi connectivity index (χ3v) is 1.29. The molecule has 1 aromatic carbocycles. The zero-order chi connectivity index (χ0) is 7.56. The summed E-state index contributed by atoms with van der Waals surface area (Å²) in [5.74, 6) is 0.809. The number of aromatic hydroxyl groups is 1. The molecule has 2 nitrogen and oxygen atoms in total. The molecule has 0 radical (unpaired) electrons. The van der Waals surface area contributed by atoms with Crippen molar-refractivity contribution in [3.05, 3.63) is 30.7 Å². The summed E-state index contributed by atoms with van der Waals surface area (Å²) >= 11 is 0. The number of benzene rings is 1. The van der Waals surface area contributed by atoms with Crippen molar-refractivity contribution < 1.29 is 61.2 Å². The molecule has 1 rings (SSSR count). The molecule has 54 valence electrons. The van der Waals surface area contributed by atoms with Crippen molar-refractivity contribution in [1.29, 1.82) is 0 Å². The second-order valence-electron chi connectivity index (χ2n) is 1.99. The smallest absolute Gasteiger partial charge is 0.565 e. The minimum atomic E-state index is 0. The summed E-state index contributed by atoms with van der Waals surface area (Å²) in [6.07, 6.45) is 0. The van der Waals surface area contributed by atoms with E-state index in [1.807, 2.05) is 0 Å². The van der Waals surface area contributed by atoms with Crippen LogP contribution in [0.15, 0.2) is 18.2 Å². The van der Waals surface area contributed by atoms with E-state index in [-0.39, 0.29) is 57.1 Å². The third kappa shape index (κ3) is 3.05. The van der Waals surface area contributed by atoms with Gasteiger partial charge in [-0.05, 0) is 6.07 Å². The molecule has 0 aliphatic carbocycles. The molecule has 0 heterocycles. The van der Waals surface area contributed by atoms with Gasteiger partial charge in [0.1, 0.15) is 0 Å². The molecule has 0 saturated carbocycles. The van der Waals surface area contributed by atoms with Crippen molar-refractivity contribution in [3.8, 4) is 11.5 Å². The Morgan fingerprint density at radius 1 is 1.45 bits per heavy atom. The molecule has 0 atom stereocenters. The molecule has 0 saturated heterocycles. The van der Waals surface area contributed by atoms with Gasteiger partial charge in [-0.15, -0.1) is 0 Å². The first-order valence-corrected chi connectivity index (χ1v) is 2.93. The summed E-state index contributed by atoms with van der Waals surface area (Å²) < 4.78 is 4.86. The molecule has 1 N–H and O–H groups in total. The first kappa shape index (κ1) is 11.3. The van der Waals surface area contributed by atoms with Crippen molar-refractivity contribution in [3.63, 3.8) is 0 Å². The molecular formula is C8H9KO2. The number of phenolic OH excluding ortho intramolecular Hbond substituents is 1. The summed E-state index contributed by atoms with van der Waals surface area (Å²) in [6, 6.07) is 4.98. The van der Waals surface area contributed by atoms with Gasteiger partial charge in [0.25, 0.3) is 0 Å². The van der Waals surface area contributed by atoms with E-state index in [1.54, 1.807) is 19.2 Å². The fraction of sp³-hybridized carbons (Fsp3) is 0.125. The summed E-state index contributed by atoms with van der Waals surface area (Å²) in [5, 5.41) is 9.09. The van der Waals surface area contributed by atoms with Gasteiger partial charge in [0.15, 0.2) is 0 Å². The van der Waals surface area contributed by atoms with Crippen LogP contribution >= 0.6 is 0 Å². The fourth-order valence-electron chi connectivity index (χ4n) is 0.671. The number of hydrogen-bond donors (Lipinski definition) is 1. The molecule has 0 spiro atoms. The van der Waals surface area contributed by atoms with E-state index in [2.05, 4.69) is 6.92 Å². The van der Waals surface area contributed by atoms with Crippen molar-refractivity contribution in [2.24, 2.45) is 0 Å². The quantitative estimate of drug-likeness (QED) is 0.421. The molecule has 0 aliphatic heterocycles. The topological polar surface area (TPSA) is 29.5 Å². The summed E-state index contributed by atoms with van der Waals surface area (Å²) in [7, 11) is 1.55. The molecule has 11 heavy (non-hydrogen) atoms. The number of rotatable bonds is 1. The summed E-state index contributed by atoms with van der Waals surface area (Å²) in [6.45, 7) is 3.59. The fourth-order valence-corrected chi connectivity index (χ4v) is 0.671. The van der Waals surface area contributed by atoms with Crippen LogP contribution in [-0.2, 0) is 0 Å². The second kappa shape index (κ2) is 5.06. The first-order valence-electron chi connectivity index (χ1n) is 2.93. The Labute approximate surface area is 109 Å². The van der Waals surface area contributed by atoms with Gasteiger partial charge < -0.3 is 9.84 Å². The van der Waals surface area contributed by atoms with Gasteiger partial charge >= 0.3 is 51.4 Å². The van der Waals surface area contributed by atoms with Crippen LogP contribution in [0, 0.1) is 6.92 Å². The first-order chi connectivity index (χ1) is 4.74. The molecule has 0 aromatic heterocycles. The monoisotopic (exact) mass is 176 g/mol. The van der Waals surface area contributed by atoms with Gasteiger partial charge in [0.05, 0.1) is 12.9 Å². The van der Waals surface area contributed by atoms with Crippen LogP contribution < -0.4 is 56.1 Å². The number of methoxy groups -OCH3 is 1. The van der Waals surface area contributed by atoms with E-state index >= 15 is 0 Å². The van der Waals surface area contributed by atoms with E-state index in [9.17, 15) is 0 Å². The van der Waals surface area contributed by atoms with Crippen molar-refractivity contribution in [2.75, 3.05) is 7.11 Å². The predicted molar refractivity (Wildman–Crippen MR) is 39.1 cm³/mol. The van der Waals surface area contributed by atoms with Crippen LogP contribution in [0.5, 0.6) is 11.5 Å². The Morgan fingerprint density at radius 3 is 2.55 bits per heavy atom. The standard InChI is InChI=1S/C8H9O2.K/c1-6-3-4-7(10-2)5-8(6)9;/h3-5,9H,1H2,2H3;/q-1;+1. The molecule has 1 aromatic rings. The van der Waals surface area contributed by atoms with E-state index in [0.717, 1.165) is 0 Å². The third-order valence-electron chi connectivity index (χ3n) is 1.29. The Hall–Kier alpha value is 0.326. The summed E-state index contributed by atoms with van der Waals surface area (Å²) in [5.41, 5.74) is 0.612. The van der Waals surface area contributed by atoms with Gasteiger partial charge in [-0.1, -0.05) is 6.07 Å². The average molecular weight is 176 g/mol. The van der Waals surface area contributed by atoms with Crippen LogP contribution in [0.4, 0.5) is 0 Å². The SMILES string of the molecule is [CH2-]c1ccc(OC)cc1O.[K+]. The zero-order valence-electron chi connectivity index (χ0n) is 6.79. The van der Waals surface area contributed by atoms with Crippen LogP contribution in [0.25, 0.3) is 0 Å². The van der Waals surface area contributed by atoms with Crippen molar-refractivity contribution in [1.82, 2.24) is 0 Å². The zero-order valence-corrected chi connectivity index (χ0v) is 9.92. The Morgan fingerprint density at radius 2 is 2.09 bits per heavy atom. The Kier molecular flexibility index (Phi) is 5.21. The van der Waals surface area contributed by atoms with E-state index < -0.39 is 0 Å². The molecule has 0 amide bonds. The second-order valence-corrected chi connectivity index (χ2v) is 1.99. The predicted octanol–water partition coefficient (Wildman–Crippen LogP) is -1.41. The molecule has 3 heteroatoms. The maximum Gasteiger partial charge on any atom is 1.00 e. The normalized spacial score (nSPS) is 8.45.